The predicted octanol–water partition coefficient (Wildman–Crippen LogP) is 3.08. The van der Waals surface area contributed by atoms with E-state index in [-0.39, 0.29) is 11.7 Å². The summed E-state index contributed by atoms with van der Waals surface area (Å²) in [6.45, 7) is 3.71. The first-order valence-corrected chi connectivity index (χ1v) is 5.61. The number of benzene rings is 1. The highest BCUT2D eigenvalue weighted by Gasteiger charge is 2.34. The maximum absolute atomic E-state index is 12.1. The molecule has 0 bridgehead atoms. The van der Waals surface area contributed by atoms with Crippen LogP contribution >= 0.6 is 0 Å². The van der Waals surface area contributed by atoms with Crippen LogP contribution in [0.25, 0.3) is 0 Å². The van der Waals surface area contributed by atoms with Gasteiger partial charge in [0.15, 0.2) is 5.78 Å². The normalized spacial score (nSPS) is 15.6. The van der Waals surface area contributed by atoms with E-state index in [1.165, 1.54) is 0 Å². The molecule has 1 fully saturated rings. The van der Waals surface area contributed by atoms with Crippen molar-refractivity contribution in [3.05, 3.63) is 35.4 Å². The first kappa shape index (κ1) is 10.9. The Kier molecular flexibility index (Phi) is 2.55. The molecule has 2 nitrogen and oxygen atoms in total. The predicted molar refractivity (Wildman–Crippen MR) is 62.1 cm³/mol. The van der Waals surface area contributed by atoms with Gasteiger partial charge < -0.3 is 0 Å². The number of Topliss-reactive ketones (excluding diaryl/α,β-unsaturated/α-hetero) is 1. The topological polar surface area (TPSA) is 40.9 Å². The molecule has 0 aromatic heterocycles. The molecule has 0 saturated heterocycles. The number of hydrogen-bond donors (Lipinski definition) is 0. The van der Waals surface area contributed by atoms with Gasteiger partial charge in [-0.2, -0.15) is 5.26 Å². The molecule has 16 heavy (non-hydrogen) atoms. The number of carbonyl (C=O) groups excluding carboxylic acids is 1. The molecule has 0 aliphatic heterocycles. The lowest BCUT2D eigenvalue weighted by Gasteiger charge is -2.19. The van der Waals surface area contributed by atoms with Crippen LogP contribution in [-0.2, 0) is 5.41 Å². The molecule has 0 atom stereocenters. The zero-order valence-corrected chi connectivity index (χ0v) is 9.66. The number of nitriles is 1. The molecule has 1 aromatic carbocycles. The third-order valence-electron chi connectivity index (χ3n) is 3.09. The minimum absolute atomic E-state index is 0.204. The van der Waals surface area contributed by atoms with Gasteiger partial charge in [0.25, 0.3) is 0 Å². The van der Waals surface area contributed by atoms with E-state index in [9.17, 15) is 4.79 Å². The second kappa shape index (κ2) is 3.75. The van der Waals surface area contributed by atoms with E-state index >= 15 is 0 Å². The highest BCUT2D eigenvalue weighted by Crippen LogP contribution is 2.35. The Morgan fingerprint density at radius 2 is 2.00 bits per heavy atom. The van der Waals surface area contributed by atoms with E-state index in [0.29, 0.717) is 0 Å². The molecule has 1 aromatic rings. The molecule has 2 rings (SSSR count). The Balaban J connectivity index is 2.46. The van der Waals surface area contributed by atoms with Crippen LogP contribution in [-0.4, -0.2) is 5.78 Å². The summed E-state index contributed by atoms with van der Waals surface area (Å²) in [4.78, 5) is 12.1. The molecular weight excluding hydrogens is 198 g/mol. The van der Waals surface area contributed by atoms with Crippen molar-refractivity contribution in [3.8, 4) is 6.07 Å². The lowest BCUT2D eigenvalue weighted by molar-refractivity contribution is 0.0966. The second-order valence-corrected chi connectivity index (χ2v) is 4.92. The van der Waals surface area contributed by atoms with Gasteiger partial charge in [0, 0.05) is 11.5 Å². The van der Waals surface area contributed by atoms with Crippen LogP contribution in [0.15, 0.2) is 24.3 Å². The van der Waals surface area contributed by atoms with E-state index in [2.05, 4.69) is 6.07 Å². The lowest BCUT2D eigenvalue weighted by atomic mass is 9.81. The summed E-state index contributed by atoms with van der Waals surface area (Å²) in [6.07, 6.45) is 2.00. The minimum Gasteiger partial charge on any atom is -0.294 e. The van der Waals surface area contributed by atoms with Crippen LogP contribution in [0.1, 0.15) is 42.6 Å². The summed E-state index contributed by atoms with van der Waals surface area (Å²) in [6, 6.07) is 9.74. The Hall–Kier alpha value is -1.62. The van der Waals surface area contributed by atoms with Crippen molar-refractivity contribution in [1.29, 1.82) is 5.26 Å². The van der Waals surface area contributed by atoms with Gasteiger partial charge in [0.1, 0.15) is 0 Å². The standard InChI is InChI=1S/C14H15NO/c1-14(2,9-15)12-6-4-3-5-11(12)13(16)10-7-8-10/h3-6,10H,7-8H2,1-2H3. The maximum atomic E-state index is 12.1. The zero-order valence-electron chi connectivity index (χ0n) is 9.66. The number of hydrogen-bond acceptors (Lipinski definition) is 2. The molecule has 0 N–H and O–H groups in total. The van der Waals surface area contributed by atoms with Crippen molar-refractivity contribution in [1.82, 2.24) is 0 Å². The first-order valence-electron chi connectivity index (χ1n) is 5.61. The molecule has 1 saturated carbocycles. The maximum Gasteiger partial charge on any atom is 0.166 e. The van der Waals surface area contributed by atoms with Gasteiger partial charge in [-0.15, -0.1) is 0 Å². The first-order chi connectivity index (χ1) is 7.56. The van der Waals surface area contributed by atoms with E-state index < -0.39 is 5.41 Å². The van der Waals surface area contributed by atoms with Crippen molar-refractivity contribution in [2.24, 2.45) is 5.92 Å². The van der Waals surface area contributed by atoms with Gasteiger partial charge in [0.05, 0.1) is 11.5 Å². The second-order valence-electron chi connectivity index (χ2n) is 4.92. The molecule has 0 heterocycles. The smallest absolute Gasteiger partial charge is 0.166 e. The molecule has 1 aliphatic carbocycles. The molecule has 2 heteroatoms. The van der Waals surface area contributed by atoms with Gasteiger partial charge in [-0.3, -0.25) is 4.79 Å². The summed E-state index contributed by atoms with van der Waals surface area (Å²) in [5.74, 6) is 0.412. The van der Waals surface area contributed by atoms with E-state index in [1.54, 1.807) is 0 Å². The Morgan fingerprint density at radius 3 is 2.56 bits per heavy atom. The van der Waals surface area contributed by atoms with Crippen LogP contribution in [0.2, 0.25) is 0 Å². The number of ketones is 1. The largest absolute Gasteiger partial charge is 0.294 e. The molecule has 0 unspecified atom stereocenters. The van der Waals surface area contributed by atoms with Gasteiger partial charge in [-0.25, -0.2) is 0 Å². The SMILES string of the molecule is CC(C)(C#N)c1ccccc1C(=O)C1CC1. The van der Waals surface area contributed by atoms with Crippen LogP contribution in [0.5, 0.6) is 0 Å². The molecule has 1 aliphatic rings. The lowest BCUT2D eigenvalue weighted by Crippen LogP contribution is -2.19. The third kappa shape index (κ3) is 1.86. The molecule has 0 amide bonds. The van der Waals surface area contributed by atoms with Crippen LogP contribution in [0.3, 0.4) is 0 Å². The van der Waals surface area contributed by atoms with E-state index in [4.69, 9.17) is 5.26 Å². The summed E-state index contributed by atoms with van der Waals surface area (Å²) >= 11 is 0. The van der Waals surface area contributed by atoms with Crippen LogP contribution < -0.4 is 0 Å². The highest BCUT2D eigenvalue weighted by molar-refractivity contribution is 6.01. The molecular formula is C14H15NO. The fourth-order valence-electron chi connectivity index (χ4n) is 1.87. The van der Waals surface area contributed by atoms with Gasteiger partial charge in [0.2, 0.25) is 0 Å². The van der Waals surface area contributed by atoms with Crippen molar-refractivity contribution < 1.29 is 4.79 Å². The van der Waals surface area contributed by atoms with Crippen LogP contribution in [0, 0.1) is 17.2 Å². The highest BCUT2D eigenvalue weighted by atomic mass is 16.1. The van der Waals surface area contributed by atoms with E-state index in [1.807, 2.05) is 38.1 Å². The summed E-state index contributed by atoms with van der Waals surface area (Å²) in [5.41, 5.74) is 0.993. The van der Waals surface area contributed by atoms with Gasteiger partial charge >= 0.3 is 0 Å². The fourth-order valence-corrected chi connectivity index (χ4v) is 1.87. The van der Waals surface area contributed by atoms with Crippen molar-refractivity contribution in [2.45, 2.75) is 32.1 Å². The van der Waals surface area contributed by atoms with Gasteiger partial charge in [-0.05, 0) is 32.3 Å². The Labute approximate surface area is 95.9 Å². The molecule has 0 radical (unpaired) electrons. The average Bonchev–Trinajstić information content (AvgIpc) is 3.12. The fraction of sp³-hybridized carbons (Fsp3) is 0.429. The van der Waals surface area contributed by atoms with Crippen LogP contribution in [0.4, 0.5) is 0 Å². The Bertz CT molecular complexity index is 464. The van der Waals surface area contributed by atoms with Crippen molar-refractivity contribution >= 4 is 5.78 Å². The summed E-state index contributed by atoms with van der Waals surface area (Å²) in [7, 11) is 0. The van der Waals surface area contributed by atoms with E-state index in [0.717, 1.165) is 24.0 Å². The minimum atomic E-state index is -0.596. The summed E-state index contributed by atoms with van der Waals surface area (Å²) < 4.78 is 0. The molecule has 82 valence electrons. The molecule has 0 spiro atoms. The Morgan fingerprint density at radius 1 is 1.38 bits per heavy atom. The summed E-state index contributed by atoms with van der Waals surface area (Å²) in [5, 5.41) is 9.15. The van der Waals surface area contributed by atoms with Crippen molar-refractivity contribution in [2.75, 3.05) is 0 Å². The van der Waals surface area contributed by atoms with Crippen molar-refractivity contribution in [3.63, 3.8) is 0 Å². The monoisotopic (exact) mass is 213 g/mol. The van der Waals surface area contributed by atoms with Gasteiger partial charge in [-0.1, -0.05) is 24.3 Å². The average molecular weight is 213 g/mol. The number of rotatable bonds is 3. The number of nitrogens with zero attached hydrogens (tertiary/aromatic N) is 1. The zero-order chi connectivity index (χ0) is 11.8. The third-order valence-corrected chi connectivity index (χ3v) is 3.09. The number of carbonyl (C=O) groups is 1. The quantitative estimate of drug-likeness (QED) is 0.724.